The molecule has 0 atom stereocenters. The fourth-order valence-electron chi connectivity index (χ4n) is 1.20. The minimum Gasteiger partial charge on any atom is -0.478 e. The molecule has 0 saturated carbocycles. The lowest BCUT2D eigenvalue weighted by Gasteiger charge is -1.98. The summed E-state index contributed by atoms with van der Waals surface area (Å²) in [4.78, 5) is 24.7. The lowest BCUT2D eigenvalue weighted by Crippen LogP contribution is -2.02. The fraction of sp³-hybridized carbons (Fsp3) is 0.250. The summed E-state index contributed by atoms with van der Waals surface area (Å²) in [6.45, 7) is 1.50. The third-order valence-electron chi connectivity index (χ3n) is 1.99. The summed E-state index contributed by atoms with van der Waals surface area (Å²) in [5, 5.41) is 8.77. The van der Waals surface area contributed by atoms with Crippen molar-refractivity contribution in [3.8, 4) is 0 Å². The summed E-state index contributed by atoms with van der Waals surface area (Å²) in [5.41, 5.74) is 0.0666. The Bertz CT molecular complexity index is 488. The van der Waals surface area contributed by atoms with Crippen LogP contribution in [-0.4, -0.2) is 26.9 Å². The van der Waals surface area contributed by atoms with Gasteiger partial charge in [0.05, 0.1) is 0 Å². The molecular weight excluding hydrogens is 257 g/mol. The SMILES string of the molecule is CC(=O)SCCC=Cc1cnc(F)c(C(=O)O)c1. The Balaban J connectivity index is 2.62. The minimum absolute atomic E-state index is 0.0556. The van der Waals surface area contributed by atoms with Crippen LogP contribution in [0.4, 0.5) is 4.39 Å². The van der Waals surface area contributed by atoms with Crippen molar-refractivity contribution >= 4 is 28.9 Å². The van der Waals surface area contributed by atoms with Crippen LogP contribution >= 0.6 is 11.8 Å². The maximum Gasteiger partial charge on any atom is 0.340 e. The van der Waals surface area contributed by atoms with E-state index in [0.29, 0.717) is 17.7 Å². The monoisotopic (exact) mass is 269 g/mol. The van der Waals surface area contributed by atoms with Crippen LogP contribution in [0.15, 0.2) is 18.3 Å². The van der Waals surface area contributed by atoms with Gasteiger partial charge in [0, 0.05) is 18.9 Å². The van der Waals surface area contributed by atoms with E-state index >= 15 is 0 Å². The molecule has 0 fully saturated rings. The van der Waals surface area contributed by atoms with E-state index in [4.69, 9.17) is 5.11 Å². The maximum atomic E-state index is 13.0. The Kier molecular flexibility index (Phi) is 5.51. The first-order valence-electron chi connectivity index (χ1n) is 5.19. The molecule has 0 aliphatic rings. The van der Waals surface area contributed by atoms with Crippen molar-refractivity contribution in [1.82, 2.24) is 4.98 Å². The van der Waals surface area contributed by atoms with E-state index in [-0.39, 0.29) is 5.12 Å². The molecule has 0 aromatic carbocycles. The lowest BCUT2D eigenvalue weighted by molar-refractivity contribution is -0.109. The van der Waals surface area contributed by atoms with Gasteiger partial charge in [0.1, 0.15) is 5.56 Å². The van der Waals surface area contributed by atoms with Crippen LogP contribution in [0.3, 0.4) is 0 Å². The standard InChI is InChI=1S/C12H12FNO3S/c1-8(15)18-5-3-2-4-9-6-10(12(16)17)11(13)14-7-9/h2,4,6-7H,3,5H2,1H3,(H,16,17). The van der Waals surface area contributed by atoms with Crippen molar-refractivity contribution in [2.75, 3.05) is 5.75 Å². The number of pyridine rings is 1. The number of thioether (sulfide) groups is 1. The average molecular weight is 269 g/mol. The van der Waals surface area contributed by atoms with Gasteiger partial charge in [0.25, 0.3) is 0 Å². The Morgan fingerprint density at radius 3 is 2.89 bits per heavy atom. The molecule has 0 bridgehead atoms. The van der Waals surface area contributed by atoms with E-state index in [1.165, 1.54) is 30.9 Å². The zero-order valence-electron chi connectivity index (χ0n) is 9.72. The third kappa shape index (κ3) is 4.67. The largest absolute Gasteiger partial charge is 0.478 e. The minimum atomic E-state index is -1.35. The Labute approximate surface area is 108 Å². The highest BCUT2D eigenvalue weighted by molar-refractivity contribution is 8.13. The second-order valence-electron chi connectivity index (χ2n) is 3.44. The van der Waals surface area contributed by atoms with Gasteiger partial charge in [-0.15, -0.1) is 0 Å². The number of rotatable bonds is 5. The number of nitrogens with zero attached hydrogens (tertiary/aromatic N) is 1. The molecule has 1 rings (SSSR count). The second-order valence-corrected chi connectivity index (χ2v) is 4.72. The van der Waals surface area contributed by atoms with Crippen LogP contribution in [-0.2, 0) is 4.79 Å². The first-order valence-corrected chi connectivity index (χ1v) is 6.18. The molecule has 0 radical (unpaired) electrons. The molecular formula is C12H12FNO3S. The second kappa shape index (κ2) is 6.90. The highest BCUT2D eigenvalue weighted by Crippen LogP contribution is 2.10. The summed E-state index contributed by atoms with van der Waals surface area (Å²) in [6, 6.07) is 1.22. The average Bonchev–Trinajstić information content (AvgIpc) is 2.30. The van der Waals surface area contributed by atoms with Gasteiger partial charge in [0.2, 0.25) is 5.95 Å². The summed E-state index contributed by atoms with van der Waals surface area (Å²) in [6.07, 6.45) is 5.37. The smallest absolute Gasteiger partial charge is 0.340 e. The Hall–Kier alpha value is -1.69. The van der Waals surface area contributed by atoms with Gasteiger partial charge in [-0.2, -0.15) is 4.39 Å². The first-order chi connectivity index (χ1) is 8.50. The normalized spacial score (nSPS) is 10.8. The zero-order valence-corrected chi connectivity index (χ0v) is 10.5. The molecule has 1 aromatic heterocycles. The molecule has 0 spiro atoms. The molecule has 1 N–H and O–H groups in total. The van der Waals surface area contributed by atoms with Crippen molar-refractivity contribution in [1.29, 1.82) is 0 Å². The van der Waals surface area contributed by atoms with Crippen molar-refractivity contribution in [2.24, 2.45) is 0 Å². The van der Waals surface area contributed by atoms with Crippen LogP contribution in [0.1, 0.15) is 29.3 Å². The Morgan fingerprint density at radius 2 is 2.28 bits per heavy atom. The molecule has 1 aromatic rings. The molecule has 0 unspecified atom stereocenters. The van der Waals surface area contributed by atoms with Crippen molar-refractivity contribution in [2.45, 2.75) is 13.3 Å². The van der Waals surface area contributed by atoms with E-state index in [1.807, 2.05) is 0 Å². The van der Waals surface area contributed by atoms with Crippen LogP contribution in [0.25, 0.3) is 6.08 Å². The molecule has 0 aliphatic heterocycles. The van der Waals surface area contributed by atoms with Crippen molar-refractivity contribution < 1.29 is 19.1 Å². The molecule has 1 heterocycles. The summed E-state index contributed by atoms with van der Waals surface area (Å²) >= 11 is 1.22. The number of carboxylic acids is 1. The number of aromatic nitrogens is 1. The highest BCUT2D eigenvalue weighted by Gasteiger charge is 2.11. The predicted octanol–water partition coefficient (Wildman–Crippen LogP) is 2.60. The van der Waals surface area contributed by atoms with Gasteiger partial charge in [-0.05, 0) is 18.1 Å². The number of hydrogen-bond acceptors (Lipinski definition) is 4. The molecule has 6 heteroatoms. The van der Waals surface area contributed by atoms with Gasteiger partial charge >= 0.3 is 5.97 Å². The number of allylic oxidation sites excluding steroid dienone is 1. The van der Waals surface area contributed by atoms with E-state index < -0.39 is 17.5 Å². The maximum absolute atomic E-state index is 13.0. The zero-order chi connectivity index (χ0) is 13.5. The third-order valence-corrected chi connectivity index (χ3v) is 2.84. The lowest BCUT2D eigenvalue weighted by atomic mass is 10.2. The Morgan fingerprint density at radius 1 is 1.56 bits per heavy atom. The molecule has 0 amide bonds. The van der Waals surface area contributed by atoms with Gasteiger partial charge < -0.3 is 5.11 Å². The molecule has 18 heavy (non-hydrogen) atoms. The van der Waals surface area contributed by atoms with E-state index in [0.717, 1.165) is 0 Å². The van der Waals surface area contributed by atoms with Crippen molar-refractivity contribution in [3.05, 3.63) is 35.4 Å². The fourth-order valence-corrected chi connectivity index (χ4v) is 1.74. The number of carbonyl (C=O) groups excluding carboxylic acids is 1. The van der Waals surface area contributed by atoms with E-state index in [2.05, 4.69) is 4.98 Å². The highest BCUT2D eigenvalue weighted by atomic mass is 32.2. The number of hydrogen-bond donors (Lipinski definition) is 1. The summed E-state index contributed by atoms with van der Waals surface area (Å²) < 4.78 is 13.0. The van der Waals surface area contributed by atoms with Crippen molar-refractivity contribution in [3.63, 3.8) is 0 Å². The van der Waals surface area contributed by atoms with E-state index in [1.54, 1.807) is 12.2 Å². The van der Waals surface area contributed by atoms with Crippen LogP contribution in [0, 0.1) is 5.95 Å². The van der Waals surface area contributed by atoms with E-state index in [9.17, 15) is 14.0 Å². The van der Waals surface area contributed by atoms with Gasteiger partial charge in [0.15, 0.2) is 5.12 Å². The topological polar surface area (TPSA) is 67.3 Å². The summed E-state index contributed by atoms with van der Waals surface area (Å²) in [5.74, 6) is -1.68. The predicted molar refractivity (Wildman–Crippen MR) is 67.9 cm³/mol. The van der Waals surface area contributed by atoms with Gasteiger partial charge in [-0.1, -0.05) is 23.9 Å². The summed E-state index contributed by atoms with van der Waals surface area (Å²) in [7, 11) is 0. The number of aromatic carboxylic acids is 1. The number of carbonyl (C=O) groups is 2. The first kappa shape index (κ1) is 14.4. The quantitative estimate of drug-likeness (QED) is 0.657. The van der Waals surface area contributed by atoms with Crippen LogP contribution in [0.2, 0.25) is 0 Å². The van der Waals surface area contributed by atoms with Crippen LogP contribution in [0.5, 0.6) is 0 Å². The van der Waals surface area contributed by atoms with Gasteiger partial charge in [-0.3, -0.25) is 4.79 Å². The molecule has 0 aliphatic carbocycles. The number of carboxylic acid groups (broad SMARTS) is 1. The van der Waals surface area contributed by atoms with Gasteiger partial charge in [-0.25, -0.2) is 9.78 Å². The molecule has 96 valence electrons. The van der Waals surface area contributed by atoms with Crippen LogP contribution < -0.4 is 0 Å². The number of halogens is 1. The molecule has 0 saturated heterocycles. The molecule has 4 nitrogen and oxygen atoms in total.